The van der Waals surface area contributed by atoms with Crippen LogP contribution in [-0.2, 0) is 19.2 Å². The maximum absolute atomic E-state index is 12.6. The standard InChI is InChI=1S/C20H25N3O7/c1-12-14(5-3-7-16(12)30-2)19(28)21-10-17(25)23-8-4-6-15(23)20(29)22-13(11-24)9-18(26)27/h3,5,7,11,13,15H,4,6,8-10H2,1-2H3,(H,21,28)(H,22,29)(H,26,27)/t13-,15-/m0/s1. The summed E-state index contributed by atoms with van der Waals surface area (Å²) in [6.45, 7) is 1.76. The van der Waals surface area contributed by atoms with Gasteiger partial charge in [0.1, 0.15) is 18.1 Å². The predicted molar refractivity (Wildman–Crippen MR) is 105 cm³/mol. The number of amides is 3. The van der Waals surface area contributed by atoms with Crippen molar-refractivity contribution in [3.63, 3.8) is 0 Å². The highest BCUT2D eigenvalue weighted by molar-refractivity contribution is 5.99. The number of ether oxygens (including phenoxy) is 1. The largest absolute Gasteiger partial charge is 0.496 e. The van der Waals surface area contributed by atoms with Crippen LogP contribution in [0.2, 0.25) is 0 Å². The molecule has 0 unspecified atom stereocenters. The summed E-state index contributed by atoms with van der Waals surface area (Å²) in [5.41, 5.74) is 1.02. The molecule has 1 heterocycles. The number of aliphatic carboxylic acids is 1. The molecule has 1 saturated heterocycles. The molecule has 0 aromatic heterocycles. The maximum Gasteiger partial charge on any atom is 0.305 e. The van der Waals surface area contributed by atoms with Gasteiger partial charge in [-0.25, -0.2) is 0 Å². The fourth-order valence-corrected chi connectivity index (χ4v) is 3.37. The van der Waals surface area contributed by atoms with Crippen LogP contribution in [0.15, 0.2) is 18.2 Å². The van der Waals surface area contributed by atoms with E-state index < -0.39 is 42.2 Å². The Kier molecular flexibility index (Phi) is 7.90. The van der Waals surface area contributed by atoms with Crippen LogP contribution in [0.1, 0.15) is 35.2 Å². The lowest BCUT2D eigenvalue weighted by Gasteiger charge is -2.25. The van der Waals surface area contributed by atoms with E-state index in [4.69, 9.17) is 9.84 Å². The van der Waals surface area contributed by atoms with Gasteiger partial charge in [0.25, 0.3) is 5.91 Å². The van der Waals surface area contributed by atoms with Crippen LogP contribution in [0, 0.1) is 6.92 Å². The molecule has 0 radical (unpaired) electrons. The first-order chi connectivity index (χ1) is 14.3. The molecule has 1 aliphatic heterocycles. The molecular formula is C20H25N3O7. The van der Waals surface area contributed by atoms with Crippen molar-refractivity contribution in [2.24, 2.45) is 0 Å². The van der Waals surface area contributed by atoms with Gasteiger partial charge in [0.05, 0.1) is 26.1 Å². The van der Waals surface area contributed by atoms with Crippen molar-refractivity contribution in [1.82, 2.24) is 15.5 Å². The van der Waals surface area contributed by atoms with Crippen molar-refractivity contribution in [3.8, 4) is 5.75 Å². The molecule has 0 saturated carbocycles. The van der Waals surface area contributed by atoms with Gasteiger partial charge in [-0.2, -0.15) is 0 Å². The number of aldehydes is 1. The SMILES string of the molecule is COc1cccc(C(=O)NCC(=O)N2CCC[C@H]2C(=O)N[C@H](C=O)CC(=O)O)c1C. The molecule has 1 aliphatic rings. The van der Waals surface area contributed by atoms with Crippen molar-refractivity contribution in [1.29, 1.82) is 0 Å². The van der Waals surface area contributed by atoms with Crippen LogP contribution in [0.3, 0.4) is 0 Å². The lowest BCUT2D eigenvalue weighted by atomic mass is 10.1. The summed E-state index contributed by atoms with van der Waals surface area (Å²) in [5.74, 6) is -2.14. The summed E-state index contributed by atoms with van der Waals surface area (Å²) in [6, 6.07) is 3.03. The van der Waals surface area contributed by atoms with Crippen molar-refractivity contribution >= 4 is 30.0 Å². The van der Waals surface area contributed by atoms with Gasteiger partial charge in [0, 0.05) is 17.7 Å². The zero-order valence-corrected chi connectivity index (χ0v) is 16.8. The highest BCUT2D eigenvalue weighted by Gasteiger charge is 2.35. The third kappa shape index (κ3) is 5.56. The molecule has 10 heteroatoms. The van der Waals surface area contributed by atoms with Crippen molar-refractivity contribution in [2.75, 3.05) is 20.2 Å². The molecule has 1 fully saturated rings. The summed E-state index contributed by atoms with van der Waals surface area (Å²) in [5, 5.41) is 13.7. The van der Waals surface area contributed by atoms with E-state index in [9.17, 15) is 24.0 Å². The first kappa shape index (κ1) is 22.9. The first-order valence-electron chi connectivity index (χ1n) is 9.47. The van der Waals surface area contributed by atoms with Crippen LogP contribution < -0.4 is 15.4 Å². The second-order valence-electron chi connectivity index (χ2n) is 6.91. The zero-order valence-electron chi connectivity index (χ0n) is 16.8. The molecule has 2 atom stereocenters. The third-order valence-corrected chi connectivity index (χ3v) is 4.91. The minimum Gasteiger partial charge on any atom is -0.496 e. The van der Waals surface area contributed by atoms with E-state index in [1.165, 1.54) is 12.0 Å². The normalized spacial score (nSPS) is 16.5. The van der Waals surface area contributed by atoms with Gasteiger partial charge in [-0.3, -0.25) is 19.2 Å². The summed E-state index contributed by atoms with van der Waals surface area (Å²) in [6.07, 6.45) is 0.784. The van der Waals surface area contributed by atoms with E-state index in [-0.39, 0.29) is 6.54 Å². The molecule has 0 spiro atoms. The van der Waals surface area contributed by atoms with E-state index >= 15 is 0 Å². The van der Waals surface area contributed by atoms with Crippen LogP contribution in [0.25, 0.3) is 0 Å². The highest BCUT2D eigenvalue weighted by atomic mass is 16.5. The Balaban J connectivity index is 1.97. The Morgan fingerprint density at radius 2 is 2.07 bits per heavy atom. The van der Waals surface area contributed by atoms with E-state index in [0.29, 0.717) is 42.5 Å². The Labute approximate surface area is 173 Å². The minimum absolute atomic E-state index is 0.300. The second kappa shape index (κ2) is 10.4. The number of hydrogen-bond acceptors (Lipinski definition) is 6. The van der Waals surface area contributed by atoms with Gasteiger partial charge in [-0.05, 0) is 31.9 Å². The Morgan fingerprint density at radius 1 is 1.33 bits per heavy atom. The average Bonchev–Trinajstić information content (AvgIpc) is 3.21. The second-order valence-corrected chi connectivity index (χ2v) is 6.91. The number of carboxylic acid groups (broad SMARTS) is 1. The number of nitrogens with one attached hydrogen (secondary N) is 2. The lowest BCUT2D eigenvalue weighted by Crippen LogP contribution is -2.51. The van der Waals surface area contributed by atoms with Crippen LogP contribution in [0.4, 0.5) is 0 Å². The molecule has 0 bridgehead atoms. The fourth-order valence-electron chi connectivity index (χ4n) is 3.37. The quantitative estimate of drug-likeness (QED) is 0.474. The molecule has 1 aromatic carbocycles. The van der Waals surface area contributed by atoms with Gasteiger partial charge in [-0.15, -0.1) is 0 Å². The van der Waals surface area contributed by atoms with Crippen molar-refractivity contribution < 1.29 is 33.8 Å². The number of carbonyl (C=O) groups excluding carboxylic acids is 4. The van der Waals surface area contributed by atoms with E-state index in [0.717, 1.165) is 0 Å². The third-order valence-electron chi connectivity index (χ3n) is 4.91. The molecule has 0 aliphatic carbocycles. The molecule has 3 N–H and O–H groups in total. The summed E-state index contributed by atoms with van der Waals surface area (Å²) >= 11 is 0. The lowest BCUT2D eigenvalue weighted by molar-refractivity contribution is -0.140. The zero-order chi connectivity index (χ0) is 22.3. The monoisotopic (exact) mass is 419 g/mol. The predicted octanol–water partition coefficient (Wildman–Crippen LogP) is -0.117. The summed E-state index contributed by atoms with van der Waals surface area (Å²) in [7, 11) is 1.50. The van der Waals surface area contributed by atoms with Crippen molar-refractivity contribution in [2.45, 2.75) is 38.3 Å². The van der Waals surface area contributed by atoms with E-state index in [1.807, 2.05) is 0 Å². The number of rotatable bonds is 9. The van der Waals surface area contributed by atoms with Crippen LogP contribution in [-0.4, -0.2) is 72.3 Å². The molecule has 162 valence electrons. The number of benzene rings is 1. The molecule has 2 rings (SSSR count). The maximum atomic E-state index is 12.6. The van der Waals surface area contributed by atoms with Crippen LogP contribution >= 0.6 is 0 Å². The molecular weight excluding hydrogens is 394 g/mol. The number of nitrogens with zero attached hydrogens (tertiary/aromatic N) is 1. The van der Waals surface area contributed by atoms with E-state index in [1.54, 1.807) is 25.1 Å². The number of carbonyl (C=O) groups is 5. The van der Waals surface area contributed by atoms with E-state index in [2.05, 4.69) is 10.6 Å². The minimum atomic E-state index is -1.22. The highest BCUT2D eigenvalue weighted by Crippen LogP contribution is 2.21. The number of likely N-dealkylation sites (tertiary alicyclic amines) is 1. The van der Waals surface area contributed by atoms with Gasteiger partial charge < -0.3 is 30.2 Å². The smallest absolute Gasteiger partial charge is 0.305 e. The van der Waals surface area contributed by atoms with Gasteiger partial charge in [0.2, 0.25) is 11.8 Å². The van der Waals surface area contributed by atoms with Gasteiger partial charge in [0.15, 0.2) is 0 Å². The molecule has 3 amide bonds. The number of methoxy groups -OCH3 is 1. The fraction of sp³-hybridized carbons (Fsp3) is 0.450. The average molecular weight is 419 g/mol. The van der Waals surface area contributed by atoms with Crippen LogP contribution in [0.5, 0.6) is 5.75 Å². The van der Waals surface area contributed by atoms with Crippen molar-refractivity contribution in [3.05, 3.63) is 29.3 Å². The van der Waals surface area contributed by atoms with Gasteiger partial charge in [-0.1, -0.05) is 6.07 Å². The number of carboxylic acids is 1. The molecule has 30 heavy (non-hydrogen) atoms. The summed E-state index contributed by atoms with van der Waals surface area (Å²) < 4.78 is 5.19. The molecule has 10 nitrogen and oxygen atoms in total. The first-order valence-corrected chi connectivity index (χ1v) is 9.47. The number of hydrogen-bond donors (Lipinski definition) is 3. The molecule has 1 aromatic rings. The Hall–Kier alpha value is -3.43. The Morgan fingerprint density at radius 3 is 2.70 bits per heavy atom. The topological polar surface area (TPSA) is 142 Å². The van der Waals surface area contributed by atoms with Gasteiger partial charge >= 0.3 is 5.97 Å². The Bertz CT molecular complexity index is 840. The summed E-state index contributed by atoms with van der Waals surface area (Å²) in [4.78, 5) is 60.5.